The minimum Gasteiger partial charge on any atom is -0.326 e. The summed E-state index contributed by atoms with van der Waals surface area (Å²) in [5.74, 6) is -0.385. The molecule has 1 aliphatic rings. The van der Waals surface area contributed by atoms with Crippen LogP contribution in [0.4, 0.5) is 11.4 Å². The Morgan fingerprint density at radius 1 is 1.12 bits per heavy atom. The minimum atomic E-state index is -0.209. The molecule has 0 fully saturated rings. The van der Waals surface area contributed by atoms with E-state index in [-0.39, 0.29) is 30.4 Å². The van der Waals surface area contributed by atoms with Crippen molar-refractivity contribution in [1.82, 2.24) is 0 Å². The number of halogens is 1. The molecule has 0 unspecified atom stereocenters. The van der Waals surface area contributed by atoms with Gasteiger partial charge in [-0.1, -0.05) is 22.0 Å². The number of rotatable bonds is 5. The maximum atomic E-state index is 12.2. The molecule has 3 rings (SSSR count). The van der Waals surface area contributed by atoms with E-state index in [0.717, 1.165) is 15.7 Å². The summed E-state index contributed by atoms with van der Waals surface area (Å²) in [5.41, 5.74) is 2.79. The van der Waals surface area contributed by atoms with Gasteiger partial charge in [0.1, 0.15) is 0 Å². The Hall–Kier alpha value is -2.47. The first-order valence-corrected chi connectivity index (χ1v) is 8.32. The Labute approximate surface area is 147 Å². The maximum Gasteiger partial charge on any atom is 0.228 e. The number of benzene rings is 2. The van der Waals surface area contributed by atoms with E-state index in [1.54, 1.807) is 30.3 Å². The molecule has 0 atom stereocenters. The molecule has 0 saturated heterocycles. The summed E-state index contributed by atoms with van der Waals surface area (Å²) in [6.45, 7) is 0. The Morgan fingerprint density at radius 3 is 2.75 bits per heavy atom. The lowest BCUT2D eigenvalue weighted by Crippen LogP contribution is -2.13. The van der Waals surface area contributed by atoms with Crippen molar-refractivity contribution in [3.05, 3.63) is 58.1 Å². The molecule has 5 nitrogen and oxygen atoms in total. The van der Waals surface area contributed by atoms with Crippen LogP contribution in [0.3, 0.4) is 0 Å². The number of anilines is 2. The molecular weight excluding hydrogens is 372 g/mol. The average Bonchev–Trinajstić information content (AvgIpc) is 2.91. The summed E-state index contributed by atoms with van der Waals surface area (Å²) < 4.78 is 0.873. The number of fused-ring (bicyclic) bond motifs is 1. The molecule has 0 bridgehead atoms. The number of carbonyl (C=O) groups excluding carboxylic acids is 3. The highest BCUT2D eigenvalue weighted by Crippen LogP contribution is 2.24. The number of hydrogen-bond donors (Lipinski definition) is 2. The Morgan fingerprint density at radius 2 is 1.96 bits per heavy atom. The van der Waals surface area contributed by atoms with Crippen molar-refractivity contribution in [3.8, 4) is 0 Å². The van der Waals surface area contributed by atoms with Crippen LogP contribution in [0.2, 0.25) is 0 Å². The molecule has 0 spiro atoms. The number of ketones is 1. The zero-order chi connectivity index (χ0) is 17.1. The van der Waals surface area contributed by atoms with Crippen LogP contribution in [-0.2, 0) is 16.0 Å². The first kappa shape index (κ1) is 16.4. The second-order valence-electron chi connectivity index (χ2n) is 5.58. The lowest BCUT2D eigenvalue weighted by atomic mass is 10.0. The van der Waals surface area contributed by atoms with Gasteiger partial charge >= 0.3 is 0 Å². The Balaban J connectivity index is 1.57. The summed E-state index contributed by atoms with van der Waals surface area (Å²) in [5, 5.41) is 5.49. The average molecular weight is 387 g/mol. The van der Waals surface area contributed by atoms with Crippen molar-refractivity contribution in [2.24, 2.45) is 0 Å². The predicted molar refractivity (Wildman–Crippen MR) is 95.1 cm³/mol. The molecule has 2 amide bonds. The zero-order valence-electron chi connectivity index (χ0n) is 12.8. The normalized spacial score (nSPS) is 12.5. The van der Waals surface area contributed by atoms with Crippen LogP contribution in [0.5, 0.6) is 0 Å². The molecule has 122 valence electrons. The van der Waals surface area contributed by atoms with E-state index in [1.807, 2.05) is 12.1 Å². The third kappa shape index (κ3) is 3.89. The lowest BCUT2D eigenvalue weighted by Gasteiger charge is -2.06. The van der Waals surface area contributed by atoms with E-state index in [1.165, 1.54) is 0 Å². The number of amides is 2. The van der Waals surface area contributed by atoms with E-state index >= 15 is 0 Å². The third-order valence-corrected chi connectivity index (χ3v) is 4.23. The molecule has 0 saturated carbocycles. The van der Waals surface area contributed by atoms with Crippen LogP contribution < -0.4 is 10.6 Å². The predicted octanol–water partition coefficient (Wildman–Crippen LogP) is 3.55. The first-order chi connectivity index (χ1) is 11.5. The van der Waals surface area contributed by atoms with Crippen molar-refractivity contribution >= 4 is 44.9 Å². The first-order valence-electron chi connectivity index (χ1n) is 7.52. The minimum absolute atomic E-state index is 0.0667. The molecule has 0 aliphatic carbocycles. The molecule has 2 N–H and O–H groups in total. The largest absolute Gasteiger partial charge is 0.326 e. The van der Waals surface area contributed by atoms with Crippen molar-refractivity contribution in [1.29, 1.82) is 0 Å². The fourth-order valence-corrected chi connectivity index (χ4v) is 2.96. The highest BCUT2D eigenvalue weighted by molar-refractivity contribution is 9.10. The molecule has 24 heavy (non-hydrogen) atoms. The summed E-state index contributed by atoms with van der Waals surface area (Å²) >= 11 is 3.34. The number of carbonyl (C=O) groups is 3. The molecule has 2 aromatic carbocycles. The van der Waals surface area contributed by atoms with Crippen LogP contribution in [0.1, 0.15) is 28.8 Å². The Kier molecular flexibility index (Phi) is 4.76. The third-order valence-electron chi connectivity index (χ3n) is 3.74. The van der Waals surface area contributed by atoms with Gasteiger partial charge < -0.3 is 10.6 Å². The van der Waals surface area contributed by atoms with Crippen molar-refractivity contribution in [2.45, 2.75) is 19.3 Å². The Bertz CT molecular complexity index is 833. The second kappa shape index (κ2) is 6.97. The molecule has 6 heteroatoms. The van der Waals surface area contributed by atoms with E-state index < -0.39 is 0 Å². The summed E-state index contributed by atoms with van der Waals surface area (Å²) in [7, 11) is 0. The molecule has 1 aliphatic heterocycles. The van der Waals surface area contributed by atoms with Crippen molar-refractivity contribution in [3.63, 3.8) is 0 Å². The van der Waals surface area contributed by atoms with E-state index in [0.29, 0.717) is 17.7 Å². The summed E-state index contributed by atoms with van der Waals surface area (Å²) in [6, 6.07) is 12.4. The van der Waals surface area contributed by atoms with Crippen LogP contribution >= 0.6 is 15.9 Å². The van der Waals surface area contributed by atoms with Gasteiger partial charge in [0.25, 0.3) is 0 Å². The smallest absolute Gasteiger partial charge is 0.228 e. The van der Waals surface area contributed by atoms with E-state index in [9.17, 15) is 14.4 Å². The number of nitrogens with one attached hydrogen (secondary N) is 2. The van der Waals surface area contributed by atoms with Crippen LogP contribution in [-0.4, -0.2) is 17.6 Å². The quantitative estimate of drug-likeness (QED) is 0.771. The van der Waals surface area contributed by atoms with Gasteiger partial charge in [0.05, 0.1) is 6.42 Å². The van der Waals surface area contributed by atoms with E-state index in [2.05, 4.69) is 26.6 Å². The van der Waals surface area contributed by atoms with Gasteiger partial charge in [-0.15, -0.1) is 0 Å². The van der Waals surface area contributed by atoms with Crippen molar-refractivity contribution < 1.29 is 14.4 Å². The zero-order valence-corrected chi connectivity index (χ0v) is 14.4. The second-order valence-corrected chi connectivity index (χ2v) is 6.49. The summed E-state index contributed by atoms with van der Waals surface area (Å²) in [6.07, 6.45) is 0.527. The number of hydrogen-bond acceptors (Lipinski definition) is 3. The molecule has 0 radical (unpaired) electrons. The highest BCUT2D eigenvalue weighted by atomic mass is 79.9. The molecule has 2 aromatic rings. The lowest BCUT2D eigenvalue weighted by molar-refractivity contribution is -0.116. The fraction of sp³-hybridized carbons (Fsp3) is 0.167. The molecule has 1 heterocycles. The van der Waals surface area contributed by atoms with Gasteiger partial charge in [-0.25, -0.2) is 0 Å². The molecular formula is C18H15BrN2O3. The van der Waals surface area contributed by atoms with Crippen LogP contribution in [0.25, 0.3) is 0 Å². The van der Waals surface area contributed by atoms with Gasteiger partial charge in [0.2, 0.25) is 11.8 Å². The van der Waals surface area contributed by atoms with Gasteiger partial charge in [-0.05, 0) is 42.0 Å². The fourth-order valence-electron chi connectivity index (χ4n) is 2.56. The van der Waals surface area contributed by atoms with Crippen LogP contribution in [0, 0.1) is 0 Å². The SMILES string of the molecule is O=C(CCC(=O)c1ccc2c(c1)CC(=O)N2)Nc1cccc(Br)c1. The van der Waals surface area contributed by atoms with Gasteiger partial charge in [0, 0.05) is 34.3 Å². The monoisotopic (exact) mass is 386 g/mol. The van der Waals surface area contributed by atoms with Gasteiger partial charge in [-0.2, -0.15) is 0 Å². The van der Waals surface area contributed by atoms with Crippen molar-refractivity contribution in [2.75, 3.05) is 10.6 Å². The maximum absolute atomic E-state index is 12.2. The number of Topliss-reactive ketones (excluding diaryl/α,β-unsaturated/α-hetero) is 1. The van der Waals surface area contributed by atoms with Crippen LogP contribution in [0.15, 0.2) is 46.9 Å². The topological polar surface area (TPSA) is 75.3 Å². The van der Waals surface area contributed by atoms with E-state index in [4.69, 9.17) is 0 Å². The standard InChI is InChI=1S/C18H15BrN2O3/c19-13-2-1-3-14(10-13)20-17(23)7-6-16(22)11-4-5-15-12(8-11)9-18(24)21-15/h1-5,8,10H,6-7,9H2,(H,20,23)(H,21,24). The summed E-state index contributed by atoms with van der Waals surface area (Å²) in [4.78, 5) is 35.5. The highest BCUT2D eigenvalue weighted by Gasteiger charge is 2.19. The molecule has 0 aromatic heterocycles. The van der Waals surface area contributed by atoms with Gasteiger partial charge in [-0.3, -0.25) is 14.4 Å². The van der Waals surface area contributed by atoms with Gasteiger partial charge in [0.15, 0.2) is 5.78 Å².